The Morgan fingerprint density at radius 1 is 1.31 bits per heavy atom. The average Bonchev–Trinajstić information content (AvgIpc) is 2.39. The van der Waals surface area contributed by atoms with Crippen molar-refractivity contribution < 1.29 is 0 Å². The molecule has 0 fully saturated rings. The number of nitrogens with one attached hydrogen (secondary N) is 1. The molecule has 3 heterocycles. The van der Waals surface area contributed by atoms with Gasteiger partial charge in [0.2, 0.25) is 0 Å². The maximum Gasteiger partial charge on any atom is 0.129 e. The molecular formula is C13H15N3. The van der Waals surface area contributed by atoms with Crippen LogP contribution in [0, 0.1) is 0 Å². The van der Waals surface area contributed by atoms with E-state index in [0.717, 1.165) is 31.7 Å². The Morgan fingerprint density at radius 2 is 2.31 bits per heavy atom. The number of hydrogen-bond acceptors (Lipinski definition) is 3. The first-order chi connectivity index (χ1) is 7.93. The minimum absolute atomic E-state index is 0.920. The maximum atomic E-state index is 4.48. The Hall–Kier alpha value is -1.64. The van der Waals surface area contributed by atoms with Crippen LogP contribution in [0.25, 0.3) is 5.57 Å². The van der Waals surface area contributed by atoms with E-state index in [9.17, 15) is 0 Å². The molecule has 0 aliphatic carbocycles. The van der Waals surface area contributed by atoms with Gasteiger partial charge in [-0.25, -0.2) is 4.98 Å². The van der Waals surface area contributed by atoms with Crippen LogP contribution in [0.4, 0.5) is 5.82 Å². The number of aliphatic imine (C=N–C) groups is 1. The summed E-state index contributed by atoms with van der Waals surface area (Å²) in [5.74, 6) is 1.06. The second kappa shape index (κ2) is 4.08. The summed E-state index contributed by atoms with van der Waals surface area (Å²) in [5.41, 5.74) is 3.75. The molecule has 0 saturated heterocycles. The van der Waals surface area contributed by atoms with Gasteiger partial charge < -0.3 is 5.32 Å². The van der Waals surface area contributed by atoms with Gasteiger partial charge in [-0.05, 0) is 36.5 Å². The van der Waals surface area contributed by atoms with E-state index in [0.29, 0.717) is 0 Å². The molecule has 1 aromatic heterocycles. The summed E-state index contributed by atoms with van der Waals surface area (Å²) in [6.45, 7) is 1.97. The SMILES string of the molecule is C1=NCCC=C1c1cnc2c(c1)CCCN2. The number of pyridine rings is 1. The number of fused-ring (bicyclic) bond motifs is 1. The third kappa shape index (κ3) is 1.73. The molecule has 0 saturated carbocycles. The molecule has 82 valence electrons. The highest BCUT2D eigenvalue weighted by Gasteiger charge is 2.11. The van der Waals surface area contributed by atoms with Gasteiger partial charge in [-0.15, -0.1) is 0 Å². The lowest BCUT2D eigenvalue weighted by Gasteiger charge is -2.17. The fourth-order valence-electron chi connectivity index (χ4n) is 2.21. The first-order valence-electron chi connectivity index (χ1n) is 5.86. The lowest BCUT2D eigenvalue weighted by atomic mass is 10.0. The van der Waals surface area contributed by atoms with E-state index in [1.54, 1.807) is 0 Å². The number of aryl methyl sites for hydroxylation is 1. The van der Waals surface area contributed by atoms with Gasteiger partial charge in [0.1, 0.15) is 5.82 Å². The van der Waals surface area contributed by atoms with Crippen LogP contribution in [0.3, 0.4) is 0 Å². The van der Waals surface area contributed by atoms with Crippen molar-refractivity contribution in [1.29, 1.82) is 0 Å². The molecule has 3 heteroatoms. The Balaban J connectivity index is 1.96. The van der Waals surface area contributed by atoms with E-state index >= 15 is 0 Å². The summed E-state index contributed by atoms with van der Waals surface area (Å²) in [4.78, 5) is 8.79. The molecule has 0 atom stereocenters. The molecule has 1 aromatic rings. The number of anilines is 1. The number of rotatable bonds is 1. The zero-order valence-corrected chi connectivity index (χ0v) is 9.24. The van der Waals surface area contributed by atoms with Crippen molar-refractivity contribution in [1.82, 2.24) is 4.98 Å². The Kier molecular flexibility index (Phi) is 2.44. The predicted molar refractivity (Wildman–Crippen MR) is 67.0 cm³/mol. The van der Waals surface area contributed by atoms with E-state index in [1.165, 1.54) is 23.1 Å². The molecule has 2 aliphatic rings. The zero-order valence-electron chi connectivity index (χ0n) is 9.24. The van der Waals surface area contributed by atoms with E-state index in [1.807, 2.05) is 12.4 Å². The lowest BCUT2D eigenvalue weighted by molar-refractivity contribution is 0.817. The normalized spacial score (nSPS) is 18.6. The first-order valence-corrected chi connectivity index (χ1v) is 5.86. The highest BCUT2D eigenvalue weighted by Crippen LogP contribution is 2.24. The van der Waals surface area contributed by atoms with Gasteiger partial charge in [0.15, 0.2) is 0 Å². The van der Waals surface area contributed by atoms with Crippen LogP contribution in [0.2, 0.25) is 0 Å². The molecule has 0 bridgehead atoms. The molecule has 3 nitrogen and oxygen atoms in total. The van der Waals surface area contributed by atoms with Gasteiger partial charge >= 0.3 is 0 Å². The first kappa shape index (κ1) is 9.58. The highest BCUT2D eigenvalue weighted by atomic mass is 15.0. The Bertz CT molecular complexity index is 460. The van der Waals surface area contributed by atoms with Crippen molar-refractivity contribution in [2.24, 2.45) is 4.99 Å². The molecule has 1 N–H and O–H groups in total. The van der Waals surface area contributed by atoms with Gasteiger partial charge in [0, 0.05) is 31.1 Å². The molecular weight excluding hydrogens is 198 g/mol. The quantitative estimate of drug-likeness (QED) is 0.777. The minimum atomic E-state index is 0.920. The van der Waals surface area contributed by atoms with E-state index in [2.05, 4.69) is 27.4 Å². The number of allylic oxidation sites excluding steroid dienone is 1. The minimum Gasteiger partial charge on any atom is -0.370 e. The van der Waals surface area contributed by atoms with Crippen molar-refractivity contribution in [3.05, 3.63) is 29.5 Å². The second-order valence-corrected chi connectivity index (χ2v) is 4.25. The number of hydrogen-bond donors (Lipinski definition) is 1. The highest BCUT2D eigenvalue weighted by molar-refractivity contribution is 6.10. The van der Waals surface area contributed by atoms with Crippen molar-refractivity contribution >= 4 is 17.6 Å². The smallest absolute Gasteiger partial charge is 0.129 e. The fraction of sp³-hybridized carbons (Fsp3) is 0.385. The largest absolute Gasteiger partial charge is 0.370 e. The summed E-state index contributed by atoms with van der Waals surface area (Å²) in [7, 11) is 0. The number of aromatic nitrogens is 1. The van der Waals surface area contributed by atoms with Crippen molar-refractivity contribution in [2.75, 3.05) is 18.4 Å². The topological polar surface area (TPSA) is 37.3 Å². The Labute approximate surface area is 95.3 Å². The summed E-state index contributed by atoms with van der Waals surface area (Å²) in [6, 6.07) is 2.25. The van der Waals surface area contributed by atoms with Gasteiger partial charge in [0.05, 0.1) is 0 Å². The second-order valence-electron chi connectivity index (χ2n) is 4.25. The van der Waals surface area contributed by atoms with Crippen LogP contribution in [0.1, 0.15) is 24.0 Å². The molecule has 0 amide bonds. The van der Waals surface area contributed by atoms with Gasteiger partial charge in [-0.3, -0.25) is 4.99 Å². The zero-order chi connectivity index (χ0) is 10.8. The summed E-state index contributed by atoms with van der Waals surface area (Å²) in [6.07, 6.45) is 9.52. The maximum absolute atomic E-state index is 4.48. The standard InChI is InChI=1S/C13H15N3/c1-4-11(8-14-5-1)12-7-10-3-2-6-15-13(10)16-9-12/h4,7-9H,1-3,5-6H2,(H,15,16). The van der Waals surface area contributed by atoms with Crippen LogP contribution < -0.4 is 5.32 Å². The summed E-state index contributed by atoms with van der Waals surface area (Å²) in [5, 5.41) is 3.33. The van der Waals surface area contributed by atoms with Crippen LogP contribution in [-0.4, -0.2) is 24.3 Å². The number of nitrogens with zero attached hydrogens (tertiary/aromatic N) is 2. The van der Waals surface area contributed by atoms with Gasteiger partial charge in [-0.2, -0.15) is 0 Å². The summed E-state index contributed by atoms with van der Waals surface area (Å²) >= 11 is 0. The Morgan fingerprint density at radius 3 is 3.19 bits per heavy atom. The predicted octanol–water partition coefficient (Wildman–Crippen LogP) is 2.30. The van der Waals surface area contributed by atoms with E-state index < -0.39 is 0 Å². The summed E-state index contributed by atoms with van der Waals surface area (Å²) < 4.78 is 0. The molecule has 3 rings (SSSR count). The van der Waals surface area contributed by atoms with E-state index in [4.69, 9.17) is 0 Å². The fourth-order valence-corrected chi connectivity index (χ4v) is 2.21. The molecule has 0 aromatic carbocycles. The average molecular weight is 213 g/mol. The van der Waals surface area contributed by atoms with Crippen LogP contribution in [0.5, 0.6) is 0 Å². The molecule has 0 spiro atoms. The van der Waals surface area contributed by atoms with Crippen LogP contribution in [-0.2, 0) is 6.42 Å². The lowest BCUT2D eigenvalue weighted by Crippen LogP contribution is -2.13. The molecule has 16 heavy (non-hydrogen) atoms. The third-order valence-electron chi connectivity index (χ3n) is 3.07. The van der Waals surface area contributed by atoms with Crippen molar-refractivity contribution in [3.8, 4) is 0 Å². The van der Waals surface area contributed by atoms with Crippen LogP contribution in [0.15, 0.2) is 23.3 Å². The van der Waals surface area contributed by atoms with Crippen molar-refractivity contribution in [3.63, 3.8) is 0 Å². The van der Waals surface area contributed by atoms with Crippen LogP contribution >= 0.6 is 0 Å². The third-order valence-corrected chi connectivity index (χ3v) is 3.07. The number of dihydropyridines is 1. The van der Waals surface area contributed by atoms with Gasteiger partial charge in [-0.1, -0.05) is 6.08 Å². The molecule has 0 unspecified atom stereocenters. The molecule has 0 radical (unpaired) electrons. The van der Waals surface area contributed by atoms with Crippen molar-refractivity contribution in [2.45, 2.75) is 19.3 Å². The molecule has 2 aliphatic heterocycles. The van der Waals surface area contributed by atoms with Gasteiger partial charge in [0.25, 0.3) is 0 Å². The van der Waals surface area contributed by atoms with E-state index in [-0.39, 0.29) is 0 Å². The monoisotopic (exact) mass is 213 g/mol.